The van der Waals surface area contributed by atoms with Gasteiger partial charge < -0.3 is 10.1 Å². The van der Waals surface area contributed by atoms with E-state index in [1.165, 1.54) is 12.1 Å². The fraction of sp³-hybridized carbons (Fsp3) is 0.0435. The summed E-state index contributed by atoms with van der Waals surface area (Å²) in [6.45, 7) is 0.111. The molecule has 0 atom stereocenters. The molecule has 0 saturated carbocycles. The van der Waals surface area contributed by atoms with Crippen LogP contribution in [0.15, 0.2) is 89.8 Å². The molecule has 0 aliphatic rings. The van der Waals surface area contributed by atoms with Gasteiger partial charge in [-0.2, -0.15) is 0 Å². The number of rotatable bonds is 6. The number of carbonyl (C=O) groups is 1. The molecule has 0 unspecified atom stereocenters. The third-order valence-electron chi connectivity index (χ3n) is 4.57. The highest BCUT2D eigenvalue weighted by atomic mass is 32.2. The van der Waals surface area contributed by atoms with Crippen LogP contribution in [0.1, 0.15) is 15.9 Å². The quantitative estimate of drug-likeness (QED) is 0.483. The Balaban J connectivity index is 1.63. The molecule has 3 N–H and O–H groups in total. The zero-order chi connectivity index (χ0) is 21.8. The number of primary sulfonamides is 1. The van der Waals surface area contributed by atoms with Crippen LogP contribution in [0.3, 0.4) is 0 Å². The Kier molecular flexibility index (Phi) is 5.66. The van der Waals surface area contributed by atoms with Crippen LogP contribution in [-0.2, 0) is 16.6 Å². The van der Waals surface area contributed by atoms with Crippen molar-refractivity contribution in [3.8, 4) is 11.6 Å². The molecule has 1 heterocycles. The number of nitrogens with two attached hydrogens (primary N) is 1. The van der Waals surface area contributed by atoms with Crippen molar-refractivity contribution in [2.75, 3.05) is 0 Å². The molecule has 0 fully saturated rings. The highest BCUT2D eigenvalue weighted by Gasteiger charge is 2.17. The number of fused-ring (bicyclic) bond motifs is 1. The number of carbonyl (C=O) groups excluding carboxylic acids is 1. The van der Waals surface area contributed by atoms with E-state index >= 15 is 0 Å². The molecule has 0 saturated heterocycles. The van der Waals surface area contributed by atoms with Crippen LogP contribution in [-0.4, -0.2) is 19.3 Å². The molecule has 3 aromatic carbocycles. The van der Waals surface area contributed by atoms with Crippen molar-refractivity contribution in [2.45, 2.75) is 11.4 Å². The fourth-order valence-electron chi connectivity index (χ4n) is 3.05. The van der Waals surface area contributed by atoms with Crippen molar-refractivity contribution in [1.29, 1.82) is 0 Å². The Labute approximate surface area is 179 Å². The minimum atomic E-state index is -3.82. The van der Waals surface area contributed by atoms with E-state index in [1.807, 2.05) is 42.5 Å². The lowest BCUT2D eigenvalue weighted by atomic mass is 10.1. The van der Waals surface area contributed by atoms with E-state index in [0.29, 0.717) is 16.8 Å². The van der Waals surface area contributed by atoms with Crippen molar-refractivity contribution < 1.29 is 17.9 Å². The number of para-hydroxylation sites is 2. The van der Waals surface area contributed by atoms with Gasteiger partial charge >= 0.3 is 0 Å². The summed E-state index contributed by atoms with van der Waals surface area (Å²) in [5, 5.41) is 8.76. The van der Waals surface area contributed by atoms with E-state index < -0.39 is 15.9 Å². The Bertz CT molecular complexity index is 1360. The molecule has 4 aromatic rings. The molecule has 156 valence electrons. The molecule has 0 spiro atoms. The summed E-state index contributed by atoms with van der Waals surface area (Å²) in [6, 6.07) is 24.3. The number of benzene rings is 3. The summed E-state index contributed by atoms with van der Waals surface area (Å²) in [5.41, 5.74) is 1.56. The Morgan fingerprint density at radius 2 is 1.68 bits per heavy atom. The molecule has 0 aliphatic carbocycles. The molecule has 1 amide bonds. The average Bonchev–Trinajstić information content (AvgIpc) is 2.77. The number of hydrogen-bond acceptors (Lipinski definition) is 5. The maximum atomic E-state index is 13.0. The van der Waals surface area contributed by atoms with E-state index in [9.17, 15) is 13.2 Å². The van der Waals surface area contributed by atoms with Crippen LogP contribution in [0, 0.1) is 0 Å². The number of nitrogens with one attached hydrogen (secondary N) is 1. The van der Waals surface area contributed by atoms with Gasteiger partial charge in [-0.25, -0.2) is 18.5 Å². The number of hydrogen-bond donors (Lipinski definition) is 2. The van der Waals surface area contributed by atoms with Crippen molar-refractivity contribution >= 4 is 26.8 Å². The van der Waals surface area contributed by atoms with Gasteiger partial charge in [0.15, 0.2) is 0 Å². The van der Waals surface area contributed by atoms with Gasteiger partial charge in [0, 0.05) is 11.9 Å². The zero-order valence-electron chi connectivity index (χ0n) is 16.4. The number of aromatic nitrogens is 1. The molecule has 8 heteroatoms. The van der Waals surface area contributed by atoms with Gasteiger partial charge in [-0.1, -0.05) is 48.5 Å². The van der Waals surface area contributed by atoms with Crippen molar-refractivity contribution in [1.82, 2.24) is 10.3 Å². The zero-order valence-corrected chi connectivity index (χ0v) is 17.2. The van der Waals surface area contributed by atoms with Crippen LogP contribution in [0.2, 0.25) is 0 Å². The normalized spacial score (nSPS) is 11.3. The second kappa shape index (κ2) is 8.55. The van der Waals surface area contributed by atoms with Crippen LogP contribution < -0.4 is 15.2 Å². The minimum Gasteiger partial charge on any atom is -0.438 e. The first kappa shape index (κ1) is 20.5. The molecule has 1 aromatic heterocycles. The fourth-order valence-corrected chi connectivity index (χ4v) is 3.63. The van der Waals surface area contributed by atoms with Crippen molar-refractivity contribution in [2.24, 2.45) is 5.14 Å². The van der Waals surface area contributed by atoms with E-state index in [-0.39, 0.29) is 22.9 Å². The molecular weight excluding hydrogens is 414 g/mol. The molecule has 0 aliphatic heterocycles. The summed E-state index contributed by atoms with van der Waals surface area (Å²) in [7, 11) is -3.82. The molecule has 31 heavy (non-hydrogen) atoms. The number of ether oxygens (including phenoxy) is 1. The lowest BCUT2D eigenvalue weighted by Crippen LogP contribution is -2.24. The lowest BCUT2D eigenvalue weighted by Gasteiger charge is -2.12. The van der Waals surface area contributed by atoms with Gasteiger partial charge in [0.2, 0.25) is 15.9 Å². The number of pyridine rings is 1. The van der Waals surface area contributed by atoms with Gasteiger partial charge in [-0.05, 0) is 42.0 Å². The maximum Gasteiger partial charge on any atom is 0.257 e. The number of sulfonamides is 1. The molecule has 0 bridgehead atoms. The molecule has 7 nitrogen and oxygen atoms in total. The van der Waals surface area contributed by atoms with Gasteiger partial charge in [0.1, 0.15) is 11.3 Å². The predicted octanol–water partition coefficient (Wildman–Crippen LogP) is 3.60. The van der Waals surface area contributed by atoms with E-state index in [2.05, 4.69) is 10.3 Å². The van der Waals surface area contributed by atoms with Gasteiger partial charge in [-0.15, -0.1) is 0 Å². The van der Waals surface area contributed by atoms with E-state index in [4.69, 9.17) is 9.88 Å². The Hall–Kier alpha value is -3.75. The van der Waals surface area contributed by atoms with Crippen molar-refractivity contribution in [3.63, 3.8) is 0 Å². The van der Waals surface area contributed by atoms with Gasteiger partial charge in [0.05, 0.1) is 10.4 Å². The SMILES string of the molecule is NS(=O)(=O)c1cccc(CNC(=O)c2cc3ccccc3nc2Oc2ccccc2)c1. The largest absolute Gasteiger partial charge is 0.438 e. The highest BCUT2D eigenvalue weighted by Crippen LogP contribution is 2.27. The number of nitrogens with zero attached hydrogens (tertiary/aromatic N) is 1. The minimum absolute atomic E-state index is 0.0141. The van der Waals surface area contributed by atoms with Crippen LogP contribution in [0.25, 0.3) is 10.9 Å². The maximum absolute atomic E-state index is 13.0. The third kappa shape index (κ3) is 4.88. The number of amides is 1. The molecular formula is C23H19N3O4S. The standard InChI is InChI=1S/C23H19N3O4S/c24-31(28,29)19-11-6-7-16(13-19)15-25-22(27)20-14-17-8-4-5-12-21(17)26-23(20)30-18-9-2-1-3-10-18/h1-14H,15H2,(H,25,27)(H2,24,28,29). The van der Waals surface area contributed by atoms with Crippen LogP contribution in [0.4, 0.5) is 0 Å². The van der Waals surface area contributed by atoms with Crippen LogP contribution in [0.5, 0.6) is 11.6 Å². The highest BCUT2D eigenvalue weighted by molar-refractivity contribution is 7.89. The Morgan fingerprint density at radius 3 is 2.45 bits per heavy atom. The smallest absolute Gasteiger partial charge is 0.257 e. The summed E-state index contributed by atoms with van der Waals surface area (Å²) < 4.78 is 29.0. The van der Waals surface area contributed by atoms with Crippen LogP contribution >= 0.6 is 0 Å². The second-order valence-corrected chi connectivity index (χ2v) is 8.39. The van der Waals surface area contributed by atoms with E-state index in [0.717, 1.165) is 5.39 Å². The first-order valence-corrected chi connectivity index (χ1v) is 11.0. The van der Waals surface area contributed by atoms with Gasteiger partial charge in [0.25, 0.3) is 5.91 Å². The van der Waals surface area contributed by atoms with Crippen molar-refractivity contribution in [3.05, 3.63) is 96.1 Å². The predicted molar refractivity (Wildman–Crippen MR) is 117 cm³/mol. The first-order valence-electron chi connectivity index (χ1n) is 9.43. The first-order chi connectivity index (χ1) is 14.9. The summed E-state index contributed by atoms with van der Waals surface area (Å²) >= 11 is 0. The lowest BCUT2D eigenvalue weighted by molar-refractivity contribution is 0.0948. The van der Waals surface area contributed by atoms with E-state index in [1.54, 1.807) is 30.3 Å². The average molecular weight is 433 g/mol. The molecule has 4 rings (SSSR count). The summed E-state index contributed by atoms with van der Waals surface area (Å²) in [5.74, 6) is 0.339. The third-order valence-corrected chi connectivity index (χ3v) is 5.48. The second-order valence-electron chi connectivity index (χ2n) is 6.82. The topological polar surface area (TPSA) is 111 Å². The molecule has 0 radical (unpaired) electrons. The van der Waals surface area contributed by atoms with Gasteiger partial charge in [-0.3, -0.25) is 4.79 Å². The summed E-state index contributed by atoms with van der Waals surface area (Å²) in [4.78, 5) is 17.5. The Morgan fingerprint density at radius 1 is 0.935 bits per heavy atom. The summed E-state index contributed by atoms with van der Waals surface area (Å²) in [6.07, 6.45) is 0. The monoisotopic (exact) mass is 433 g/mol.